The Kier molecular flexibility index (Phi) is 2.95. The molecule has 2 N–H and O–H groups in total. The lowest BCUT2D eigenvalue weighted by Crippen LogP contribution is -2.04. The van der Waals surface area contributed by atoms with Crippen molar-refractivity contribution in [1.82, 2.24) is 9.55 Å². The molecule has 0 saturated carbocycles. The average molecular weight is 341 g/mol. The predicted molar refractivity (Wildman–Crippen MR) is 78.2 cm³/mol. The molecule has 0 spiro atoms. The maximum atomic E-state index is 14.1. The summed E-state index contributed by atoms with van der Waals surface area (Å²) in [6, 6.07) is 9.99. The van der Waals surface area contributed by atoms with Gasteiger partial charge in [-0.3, -0.25) is 4.57 Å². The quantitative estimate of drug-likeness (QED) is 0.723. The van der Waals surface area contributed by atoms with E-state index >= 15 is 0 Å². The number of halogens is 3. The zero-order valence-corrected chi connectivity index (χ0v) is 11.9. The lowest BCUT2D eigenvalue weighted by atomic mass is 10.2. The van der Waals surface area contributed by atoms with Crippen molar-refractivity contribution >= 4 is 44.5 Å². The summed E-state index contributed by atoms with van der Waals surface area (Å²) in [5, 5.41) is 0.469. The smallest absolute Gasteiger partial charge is 0.206 e. The maximum absolute atomic E-state index is 14.1. The number of benzene rings is 2. The van der Waals surface area contributed by atoms with Crippen LogP contribution in [0.4, 0.5) is 10.3 Å². The minimum atomic E-state index is -0.403. The molecule has 1 heterocycles. The third kappa shape index (κ3) is 1.89. The minimum Gasteiger partial charge on any atom is -0.369 e. The lowest BCUT2D eigenvalue weighted by Gasteiger charge is -2.10. The number of anilines is 1. The van der Waals surface area contributed by atoms with Crippen molar-refractivity contribution in [3.05, 3.63) is 51.7 Å². The van der Waals surface area contributed by atoms with Crippen molar-refractivity contribution in [2.24, 2.45) is 0 Å². The van der Waals surface area contributed by atoms with Gasteiger partial charge in [-0.15, -0.1) is 0 Å². The Morgan fingerprint density at radius 3 is 2.68 bits per heavy atom. The minimum absolute atomic E-state index is 0.189. The van der Waals surface area contributed by atoms with E-state index in [0.29, 0.717) is 26.2 Å². The number of aromatic nitrogens is 2. The van der Waals surface area contributed by atoms with Crippen LogP contribution in [-0.2, 0) is 0 Å². The Morgan fingerprint density at radius 1 is 1.21 bits per heavy atom. The van der Waals surface area contributed by atoms with Gasteiger partial charge in [-0.25, -0.2) is 9.37 Å². The summed E-state index contributed by atoms with van der Waals surface area (Å²) in [7, 11) is 0. The molecule has 1 aromatic heterocycles. The zero-order valence-electron chi connectivity index (χ0n) is 9.57. The molecule has 3 rings (SSSR count). The number of nitrogen functional groups attached to an aromatic ring is 1. The van der Waals surface area contributed by atoms with Crippen LogP contribution in [0.3, 0.4) is 0 Å². The van der Waals surface area contributed by atoms with Gasteiger partial charge in [-0.05, 0) is 40.2 Å². The molecular formula is C13H8BrClFN3. The van der Waals surface area contributed by atoms with E-state index in [2.05, 4.69) is 20.9 Å². The number of imidazole rings is 1. The van der Waals surface area contributed by atoms with Crippen LogP contribution < -0.4 is 5.73 Å². The number of hydrogen-bond acceptors (Lipinski definition) is 2. The van der Waals surface area contributed by atoms with Crippen LogP contribution in [0.15, 0.2) is 40.9 Å². The van der Waals surface area contributed by atoms with E-state index in [9.17, 15) is 4.39 Å². The SMILES string of the molecule is Nc1nc2cccc(Cl)c2n1-c1c(F)cccc1Br. The normalized spacial score (nSPS) is 11.1. The third-order valence-electron chi connectivity index (χ3n) is 2.81. The second-order valence-corrected chi connectivity index (χ2v) is 5.24. The van der Waals surface area contributed by atoms with E-state index in [1.54, 1.807) is 30.3 Å². The fourth-order valence-electron chi connectivity index (χ4n) is 2.03. The second kappa shape index (κ2) is 4.51. The zero-order chi connectivity index (χ0) is 13.6. The van der Waals surface area contributed by atoms with Gasteiger partial charge in [0.2, 0.25) is 5.95 Å². The Balaban J connectivity index is 2.46. The van der Waals surface area contributed by atoms with Gasteiger partial charge in [-0.1, -0.05) is 23.7 Å². The molecule has 0 aliphatic rings. The summed E-state index contributed by atoms with van der Waals surface area (Å²) in [6.45, 7) is 0. The highest BCUT2D eigenvalue weighted by atomic mass is 79.9. The van der Waals surface area contributed by atoms with Gasteiger partial charge in [0.25, 0.3) is 0 Å². The Hall–Kier alpha value is -1.59. The summed E-state index contributed by atoms with van der Waals surface area (Å²) >= 11 is 9.50. The average Bonchev–Trinajstić information content (AvgIpc) is 2.67. The molecule has 19 heavy (non-hydrogen) atoms. The molecule has 0 aliphatic carbocycles. The van der Waals surface area contributed by atoms with E-state index in [1.165, 1.54) is 10.6 Å². The highest BCUT2D eigenvalue weighted by Gasteiger charge is 2.17. The largest absolute Gasteiger partial charge is 0.369 e. The molecule has 96 valence electrons. The van der Waals surface area contributed by atoms with Gasteiger partial charge in [-0.2, -0.15) is 0 Å². The Morgan fingerprint density at radius 2 is 1.95 bits per heavy atom. The lowest BCUT2D eigenvalue weighted by molar-refractivity contribution is 0.619. The van der Waals surface area contributed by atoms with Crippen LogP contribution in [0, 0.1) is 5.82 Å². The van der Waals surface area contributed by atoms with Crippen molar-refractivity contribution in [3.8, 4) is 5.69 Å². The van der Waals surface area contributed by atoms with E-state index in [-0.39, 0.29) is 5.95 Å². The van der Waals surface area contributed by atoms with Gasteiger partial charge in [0, 0.05) is 4.47 Å². The molecule has 0 amide bonds. The van der Waals surface area contributed by atoms with E-state index in [0.717, 1.165) is 0 Å². The van der Waals surface area contributed by atoms with E-state index < -0.39 is 5.82 Å². The third-order valence-corrected chi connectivity index (χ3v) is 3.76. The van der Waals surface area contributed by atoms with Crippen LogP contribution in [0.5, 0.6) is 0 Å². The van der Waals surface area contributed by atoms with E-state index in [4.69, 9.17) is 17.3 Å². The number of nitrogens with zero attached hydrogens (tertiary/aromatic N) is 2. The number of para-hydroxylation sites is 2. The fraction of sp³-hybridized carbons (Fsp3) is 0. The summed E-state index contributed by atoms with van der Waals surface area (Å²) in [5.74, 6) is -0.214. The van der Waals surface area contributed by atoms with Crippen LogP contribution in [-0.4, -0.2) is 9.55 Å². The topological polar surface area (TPSA) is 43.8 Å². The summed E-state index contributed by atoms with van der Waals surface area (Å²) < 4.78 is 16.2. The van der Waals surface area contributed by atoms with Crippen molar-refractivity contribution in [1.29, 1.82) is 0 Å². The first kappa shape index (κ1) is 12.4. The van der Waals surface area contributed by atoms with E-state index in [1.807, 2.05) is 0 Å². The van der Waals surface area contributed by atoms with Crippen LogP contribution >= 0.6 is 27.5 Å². The van der Waals surface area contributed by atoms with Crippen LogP contribution in [0.25, 0.3) is 16.7 Å². The first-order chi connectivity index (χ1) is 9.09. The number of nitrogens with two attached hydrogens (primary N) is 1. The first-order valence-electron chi connectivity index (χ1n) is 5.46. The molecule has 0 atom stereocenters. The van der Waals surface area contributed by atoms with Crippen molar-refractivity contribution in [3.63, 3.8) is 0 Å². The fourth-order valence-corrected chi connectivity index (χ4v) is 2.81. The second-order valence-electron chi connectivity index (χ2n) is 3.98. The molecule has 0 bridgehead atoms. The summed E-state index contributed by atoms with van der Waals surface area (Å²) in [6.07, 6.45) is 0. The van der Waals surface area contributed by atoms with Gasteiger partial charge in [0.05, 0.1) is 21.7 Å². The Bertz CT molecular complexity index is 765. The molecule has 0 saturated heterocycles. The molecule has 0 aliphatic heterocycles. The number of rotatable bonds is 1. The van der Waals surface area contributed by atoms with Gasteiger partial charge in [0.1, 0.15) is 5.82 Å². The van der Waals surface area contributed by atoms with Gasteiger partial charge in [0.15, 0.2) is 0 Å². The highest BCUT2D eigenvalue weighted by Crippen LogP contribution is 2.33. The summed E-state index contributed by atoms with van der Waals surface area (Å²) in [5.41, 5.74) is 7.41. The number of fused-ring (bicyclic) bond motifs is 1. The molecule has 6 heteroatoms. The maximum Gasteiger partial charge on any atom is 0.206 e. The molecule has 3 nitrogen and oxygen atoms in total. The molecule has 0 radical (unpaired) electrons. The monoisotopic (exact) mass is 339 g/mol. The molecule has 3 aromatic rings. The predicted octanol–water partition coefficient (Wildman–Crippen LogP) is 4.16. The molecule has 2 aromatic carbocycles. The highest BCUT2D eigenvalue weighted by molar-refractivity contribution is 9.10. The summed E-state index contributed by atoms with van der Waals surface area (Å²) in [4.78, 5) is 4.20. The van der Waals surface area contributed by atoms with Crippen molar-refractivity contribution in [2.75, 3.05) is 5.73 Å². The van der Waals surface area contributed by atoms with Crippen LogP contribution in [0.1, 0.15) is 0 Å². The van der Waals surface area contributed by atoms with Crippen LogP contribution in [0.2, 0.25) is 5.02 Å². The Labute approximate surface area is 121 Å². The van der Waals surface area contributed by atoms with Gasteiger partial charge < -0.3 is 5.73 Å². The first-order valence-corrected chi connectivity index (χ1v) is 6.63. The van der Waals surface area contributed by atoms with Crippen molar-refractivity contribution in [2.45, 2.75) is 0 Å². The number of hydrogen-bond donors (Lipinski definition) is 1. The molecule has 0 fully saturated rings. The molecular weight excluding hydrogens is 333 g/mol. The van der Waals surface area contributed by atoms with Gasteiger partial charge >= 0.3 is 0 Å². The van der Waals surface area contributed by atoms with Crippen molar-refractivity contribution < 1.29 is 4.39 Å². The standard InChI is InChI=1S/C13H8BrClFN3/c14-7-3-1-5-9(16)11(7)19-12-8(15)4-2-6-10(12)18-13(19)17/h1-6H,(H2,17,18). The molecule has 0 unspecified atom stereocenters.